The number of aromatic nitrogens is 2. The lowest BCUT2D eigenvalue weighted by atomic mass is 10.2. The third-order valence-electron chi connectivity index (χ3n) is 4.47. The van der Waals surface area contributed by atoms with Crippen LogP contribution in [0.15, 0.2) is 5.16 Å². The lowest BCUT2D eigenvalue weighted by Crippen LogP contribution is -2.35. The first kappa shape index (κ1) is 20.9. The van der Waals surface area contributed by atoms with E-state index < -0.39 is 5.79 Å². The quantitative estimate of drug-likeness (QED) is 0.332. The minimum atomic E-state index is -0.701. The molecule has 4 N–H and O–H groups in total. The van der Waals surface area contributed by atoms with Gasteiger partial charge >= 0.3 is 0 Å². The number of halogens is 1. The van der Waals surface area contributed by atoms with Crippen molar-refractivity contribution in [1.29, 1.82) is 0 Å². The molecule has 1 aliphatic heterocycles. The lowest BCUT2D eigenvalue weighted by molar-refractivity contribution is -0.167. The molecule has 0 radical (unpaired) electrons. The molecule has 10 heteroatoms. The highest BCUT2D eigenvalue weighted by molar-refractivity contribution is 7.99. The van der Waals surface area contributed by atoms with E-state index in [1.165, 1.54) is 11.8 Å². The van der Waals surface area contributed by atoms with Gasteiger partial charge in [0.15, 0.2) is 21.9 Å². The van der Waals surface area contributed by atoms with Gasteiger partial charge in [0.2, 0.25) is 0 Å². The maximum absolute atomic E-state index is 9.08. The molecule has 1 aromatic rings. The van der Waals surface area contributed by atoms with Gasteiger partial charge in [-0.15, -0.1) is 0 Å². The van der Waals surface area contributed by atoms with Crippen LogP contribution in [0.2, 0.25) is 5.15 Å². The molecular formula is C17H27ClN4O4S. The van der Waals surface area contributed by atoms with Gasteiger partial charge < -0.3 is 30.4 Å². The van der Waals surface area contributed by atoms with Crippen molar-refractivity contribution >= 4 is 34.9 Å². The summed E-state index contributed by atoms with van der Waals surface area (Å²) >= 11 is 7.73. The van der Waals surface area contributed by atoms with Crippen molar-refractivity contribution in [3.63, 3.8) is 0 Å². The van der Waals surface area contributed by atoms with Crippen LogP contribution in [0.25, 0.3) is 0 Å². The maximum atomic E-state index is 9.08. The van der Waals surface area contributed by atoms with E-state index in [0.29, 0.717) is 23.1 Å². The zero-order valence-corrected chi connectivity index (χ0v) is 17.3. The molecule has 0 spiro atoms. The van der Waals surface area contributed by atoms with Gasteiger partial charge in [-0.2, -0.15) is 0 Å². The number of ether oxygens (including phenoxy) is 3. The molecular weight excluding hydrogens is 392 g/mol. The van der Waals surface area contributed by atoms with Gasteiger partial charge in [-0.05, 0) is 26.7 Å². The van der Waals surface area contributed by atoms with Crippen molar-refractivity contribution in [2.24, 2.45) is 0 Å². The van der Waals surface area contributed by atoms with E-state index in [1.54, 1.807) is 0 Å². The van der Waals surface area contributed by atoms with E-state index >= 15 is 0 Å². The Labute approximate surface area is 168 Å². The average molecular weight is 419 g/mol. The number of rotatable bonds is 8. The summed E-state index contributed by atoms with van der Waals surface area (Å²) in [5.41, 5.74) is 6.41. The van der Waals surface area contributed by atoms with Crippen molar-refractivity contribution < 1.29 is 19.3 Å². The van der Waals surface area contributed by atoms with Crippen molar-refractivity contribution in [1.82, 2.24) is 9.97 Å². The van der Waals surface area contributed by atoms with Gasteiger partial charge in [0.25, 0.3) is 0 Å². The summed E-state index contributed by atoms with van der Waals surface area (Å²) in [6.07, 6.45) is 1.02. The number of aliphatic hydroxyl groups excluding tert-OH is 1. The summed E-state index contributed by atoms with van der Waals surface area (Å²) in [4.78, 5) is 8.76. The van der Waals surface area contributed by atoms with E-state index in [2.05, 4.69) is 22.2 Å². The summed E-state index contributed by atoms with van der Waals surface area (Å²) < 4.78 is 17.9. The fourth-order valence-corrected chi connectivity index (χ4v) is 4.33. The molecule has 27 heavy (non-hydrogen) atoms. The van der Waals surface area contributed by atoms with Crippen molar-refractivity contribution in [3.05, 3.63) is 5.15 Å². The van der Waals surface area contributed by atoms with E-state index in [4.69, 9.17) is 36.7 Å². The third kappa shape index (κ3) is 4.78. The Morgan fingerprint density at radius 2 is 2.11 bits per heavy atom. The van der Waals surface area contributed by atoms with E-state index in [1.807, 2.05) is 13.8 Å². The predicted octanol–water partition coefficient (Wildman–Crippen LogP) is 2.30. The molecule has 8 nitrogen and oxygen atoms in total. The van der Waals surface area contributed by atoms with Crippen LogP contribution in [0.1, 0.15) is 33.6 Å². The molecule has 2 unspecified atom stereocenters. The monoisotopic (exact) mass is 418 g/mol. The number of nitrogens with two attached hydrogens (primary N) is 1. The van der Waals surface area contributed by atoms with E-state index in [0.717, 1.165) is 12.2 Å². The van der Waals surface area contributed by atoms with Gasteiger partial charge in [-0.25, -0.2) is 9.97 Å². The number of thioether (sulfide) groups is 1. The van der Waals surface area contributed by atoms with Gasteiger partial charge in [0, 0.05) is 5.75 Å². The largest absolute Gasteiger partial charge is 0.394 e. The summed E-state index contributed by atoms with van der Waals surface area (Å²) in [6.45, 7) is 6.06. The first-order valence-corrected chi connectivity index (χ1v) is 10.5. The van der Waals surface area contributed by atoms with Crippen LogP contribution in [0.5, 0.6) is 0 Å². The zero-order valence-electron chi connectivity index (χ0n) is 15.8. The van der Waals surface area contributed by atoms with Gasteiger partial charge in [0.1, 0.15) is 17.9 Å². The zero-order chi connectivity index (χ0) is 19.6. The molecule has 4 atom stereocenters. The first-order chi connectivity index (χ1) is 12.8. The van der Waals surface area contributed by atoms with Gasteiger partial charge in [0.05, 0.1) is 25.4 Å². The van der Waals surface area contributed by atoms with Crippen molar-refractivity contribution in [2.45, 2.75) is 68.9 Å². The molecule has 2 aliphatic rings. The summed E-state index contributed by atoms with van der Waals surface area (Å²) in [7, 11) is 0. The number of fused-ring (bicyclic) bond motifs is 1. The number of aliphatic hydroxyl groups is 1. The lowest BCUT2D eigenvalue weighted by Gasteiger charge is -2.24. The SMILES string of the molecule is CCCSc1nc(Cl)c(N)c(NC2CC(OCCO)[C@@H]3OC(C)(C)O[C@H]23)n1. The molecule has 1 saturated carbocycles. The molecule has 2 heterocycles. The molecule has 1 saturated heterocycles. The molecule has 1 aromatic heterocycles. The summed E-state index contributed by atoms with van der Waals surface area (Å²) in [6, 6.07) is -0.113. The summed E-state index contributed by atoms with van der Waals surface area (Å²) in [5, 5.41) is 13.3. The van der Waals surface area contributed by atoms with Crippen molar-refractivity contribution in [2.75, 3.05) is 30.0 Å². The highest BCUT2D eigenvalue weighted by atomic mass is 35.5. The standard InChI is InChI=1S/C17H27ClN4O4S/c1-4-7-27-16-21-14(18)11(19)15(22-16)20-9-8-10(24-6-5-23)13-12(9)25-17(2,3)26-13/h9-10,12-13,23H,4-8,19H2,1-3H3,(H,20,21,22)/t9?,10?,12-,13+/m1/s1. The van der Waals surface area contributed by atoms with Crippen LogP contribution in [-0.2, 0) is 14.2 Å². The molecule has 3 rings (SSSR count). The van der Waals surface area contributed by atoms with Gasteiger partial charge in [-0.3, -0.25) is 0 Å². The Bertz CT molecular complexity index is 666. The minimum absolute atomic E-state index is 0.0390. The van der Waals surface area contributed by atoms with E-state index in [9.17, 15) is 0 Å². The molecule has 0 bridgehead atoms. The average Bonchev–Trinajstić information content (AvgIpc) is 3.09. The Kier molecular flexibility index (Phi) is 6.70. The van der Waals surface area contributed by atoms with Crippen LogP contribution in [0, 0.1) is 0 Å². The van der Waals surface area contributed by atoms with Crippen LogP contribution in [0.4, 0.5) is 11.5 Å². The van der Waals surface area contributed by atoms with Crippen LogP contribution in [0.3, 0.4) is 0 Å². The van der Waals surface area contributed by atoms with Crippen molar-refractivity contribution in [3.8, 4) is 0 Å². The molecule has 1 aliphatic carbocycles. The first-order valence-electron chi connectivity index (χ1n) is 9.15. The van der Waals surface area contributed by atoms with Crippen LogP contribution in [-0.4, -0.2) is 64.2 Å². The Morgan fingerprint density at radius 3 is 2.81 bits per heavy atom. The highest BCUT2D eigenvalue weighted by Gasteiger charge is 2.54. The second-order valence-electron chi connectivity index (χ2n) is 7.09. The number of nitrogen functional groups attached to an aromatic ring is 1. The molecule has 2 fully saturated rings. The Morgan fingerprint density at radius 1 is 1.37 bits per heavy atom. The predicted molar refractivity (Wildman–Crippen MR) is 105 cm³/mol. The minimum Gasteiger partial charge on any atom is -0.394 e. The number of hydrogen-bond acceptors (Lipinski definition) is 9. The number of hydrogen-bond donors (Lipinski definition) is 3. The van der Waals surface area contributed by atoms with Gasteiger partial charge in [-0.1, -0.05) is 30.3 Å². The normalized spacial score (nSPS) is 29.1. The number of anilines is 2. The summed E-state index contributed by atoms with van der Waals surface area (Å²) in [5.74, 6) is 0.692. The topological polar surface area (TPSA) is 112 Å². The van der Waals surface area contributed by atoms with Crippen LogP contribution >= 0.6 is 23.4 Å². The maximum Gasteiger partial charge on any atom is 0.191 e. The highest BCUT2D eigenvalue weighted by Crippen LogP contribution is 2.41. The molecule has 0 amide bonds. The number of nitrogens with one attached hydrogen (secondary N) is 1. The Hall–Kier alpha value is -0.840. The second-order valence-corrected chi connectivity index (χ2v) is 8.51. The number of nitrogens with zero attached hydrogens (tertiary/aromatic N) is 2. The third-order valence-corrected chi connectivity index (χ3v) is 5.81. The Balaban J connectivity index is 1.79. The molecule has 152 valence electrons. The molecule has 0 aromatic carbocycles. The fourth-order valence-electron chi connectivity index (χ4n) is 3.41. The second kappa shape index (κ2) is 8.67. The fraction of sp³-hybridized carbons (Fsp3) is 0.765. The van der Waals surface area contributed by atoms with Crippen LogP contribution < -0.4 is 11.1 Å². The smallest absolute Gasteiger partial charge is 0.191 e. The van der Waals surface area contributed by atoms with E-state index in [-0.39, 0.29) is 42.7 Å².